The lowest BCUT2D eigenvalue weighted by molar-refractivity contribution is -0.132. The number of amides is 1. The summed E-state index contributed by atoms with van der Waals surface area (Å²) >= 11 is 1.35. The van der Waals surface area contributed by atoms with Crippen molar-refractivity contribution in [3.8, 4) is 0 Å². The number of nitrogens with zero attached hydrogens (tertiary/aromatic N) is 5. The Hall–Kier alpha value is -2.39. The van der Waals surface area contributed by atoms with E-state index < -0.39 is 0 Å². The molecule has 28 heavy (non-hydrogen) atoms. The van der Waals surface area contributed by atoms with Gasteiger partial charge in [0.2, 0.25) is 11.7 Å². The number of aromatic nitrogens is 4. The zero-order valence-corrected chi connectivity index (χ0v) is 16.8. The molecule has 1 saturated heterocycles. The van der Waals surface area contributed by atoms with Crippen LogP contribution in [0.2, 0.25) is 0 Å². The maximum atomic E-state index is 13.0. The number of fused-ring (bicyclic) bond motifs is 3. The summed E-state index contributed by atoms with van der Waals surface area (Å²) < 4.78 is 8.86. The fraction of sp³-hybridized carbons (Fsp3) is 0.474. The number of rotatable bonds is 5. The molecule has 8 nitrogen and oxygen atoms in total. The normalized spacial score (nSPS) is 15.0. The van der Waals surface area contributed by atoms with Gasteiger partial charge >= 0.3 is 0 Å². The van der Waals surface area contributed by atoms with Crippen LogP contribution in [0.5, 0.6) is 0 Å². The largest absolute Gasteiger partial charge is 0.378 e. The Balaban J connectivity index is 1.72. The number of para-hydroxylation sites is 1. The number of carbonyl (C=O) groups is 1. The van der Waals surface area contributed by atoms with Gasteiger partial charge in [-0.05, 0) is 18.1 Å². The molecule has 0 N–H and O–H groups in total. The molecule has 0 atom stereocenters. The first kappa shape index (κ1) is 18.9. The van der Waals surface area contributed by atoms with Gasteiger partial charge < -0.3 is 9.64 Å². The van der Waals surface area contributed by atoms with E-state index in [1.165, 1.54) is 11.8 Å². The second-order valence-corrected chi connectivity index (χ2v) is 8.17. The van der Waals surface area contributed by atoms with Gasteiger partial charge in [0.05, 0.1) is 29.9 Å². The first-order chi connectivity index (χ1) is 13.6. The molecular weight excluding hydrogens is 378 g/mol. The average Bonchev–Trinajstić information content (AvgIpc) is 3.14. The van der Waals surface area contributed by atoms with Gasteiger partial charge in [-0.25, -0.2) is 0 Å². The quantitative estimate of drug-likeness (QED) is 0.605. The van der Waals surface area contributed by atoms with Crippen molar-refractivity contribution >= 4 is 34.3 Å². The van der Waals surface area contributed by atoms with E-state index >= 15 is 0 Å². The molecule has 0 spiro atoms. The molecule has 0 saturated carbocycles. The second-order valence-electron chi connectivity index (χ2n) is 7.23. The number of benzene rings is 1. The van der Waals surface area contributed by atoms with Crippen molar-refractivity contribution in [1.82, 2.24) is 24.1 Å². The molecule has 1 aliphatic heterocycles. The molecule has 0 aliphatic carbocycles. The average molecular weight is 401 g/mol. The van der Waals surface area contributed by atoms with Crippen LogP contribution in [0, 0.1) is 5.92 Å². The minimum atomic E-state index is -0.0647. The monoisotopic (exact) mass is 401 g/mol. The van der Waals surface area contributed by atoms with E-state index in [2.05, 4.69) is 24.0 Å². The summed E-state index contributed by atoms with van der Waals surface area (Å²) in [5.74, 6) is 1.14. The number of thioether (sulfide) groups is 1. The van der Waals surface area contributed by atoms with Crippen LogP contribution in [-0.4, -0.2) is 62.0 Å². The molecule has 148 valence electrons. The maximum Gasteiger partial charge on any atom is 0.262 e. The number of carbonyl (C=O) groups excluding carboxylic acids is 1. The van der Waals surface area contributed by atoms with E-state index in [1.54, 1.807) is 4.57 Å². The second kappa shape index (κ2) is 7.92. The molecule has 3 aromatic rings. The van der Waals surface area contributed by atoms with Crippen LogP contribution in [0.25, 0.3) is 16.7 Å². The van der Waals surface area contributed by atoms with Crippen LogP contribution in [0.4, 0.5) is 0 Å². The molecule has 1 aromatic carbocycles. The summed E-state index contributed by atoms with van der Waals surface area (Å²) in [4.78, 5) is 27.3. The van der Waals surface area contributed by atoms with E-state index in [9.17, 15) is 9.59 Å². The Bertz CT molecular complexity index is 1070. The van der Waals surface area contributed by atoms with Crippen molar-refractivity contribution in [2.45, 2.75) is 25.5 Å². The van der Waals surface area contributed by atoms with E-state index in [-0.39, 0.29) is 17.2 Å². The summed E-state index contributed by atoms with van der Waals surface area (Å²) in [6.07, 6.45) is 0. The SMILES string of the molecule is CC(C)Cn1c(=O)c2ccccc2n2c(SCC(=O)N3CCOCC3)nnc12. The number of ether oxygens (including phenoxy) is 1. The van der Waals surface area contributed by atoms with Crippen LogP contribution >= 0.6 is 11.8 Å². The van der Waals surface area contributed by atoms with E-state index in [4.69, 9.17) is 4.74 Å². The summed E-state index contributed by atoms with van der Waals surface area (Å²) in [5, 5.41) is 9.81. The van der Waals surface area contributed by atoms with Gasteiger partial charge in [0.25, 0.3) is 5.56 Å². The lowest BCUT2D eigenvalue weighted by Crippen LogP contribution is -2.41. The maximum absolute atomic E-state index is 13.0. The van der Waals surface area contributed by atoms with E-state index in [0.717, 1.165) is 5.52 Å². The Labute approximate surface area is 166 Å². The molecule has 1 amide bonds. The van der Waals surface area contributed by atoms with Gasteiger partial charge in [-0.1, -0.05) is 37.7 Å². The predicted molar refractivity (Wildman–Crippen MR) is 108 cm³/mol. The van der Waals surface area contributed by atoms with Crippen LogP contribution in [-0.2, 0) is 16.1 Å². The summed E-state index contributed by atoms with van der Waals surface area (Å²) in [5.41, 5.74) is 0.693. The first-order valence-corrected chi connectivity index (χ1v) is 10.4. The minimum Gasteiger partial charge on any atom is -0.378 e. The third-order valence-corrected chi connectivity index (χ3v) is 5.63. The van der Waals surface area contributed by atoms with Gasteiger partial charge in [-0.2, -0.15) is 0 Å². The third kappa shape index (κ3) is 3.51. The van der Waals surface area contributed by atoms with Crippen molar-refractivity contribution < 1.29 is 9.53 Å². The van der Waals surface area contributed by atoms with Crippen molar-refractivity contribution in [3.05, 3.63) is 34.6 Å². The Morgan fingerprint density at radius 3 is 2.71 bits per heavy atom. The molecule has 4 rings (SSSR count). The fourth-order valence-corrected chi connectivity index (χ4v) is 4.23. The molecule has 0 radical (unpaired) electrons. The zero-order valence-electron chi connectivity index (χ0n) is 16.0. The molecule has 9 heteroatoms. The van der Waals surface area contributed by atoms with Crippen molar-refractivity contribution in [3.63, 3.8) is 0 Å². The molecule has 3 heterocycles. The highest BCUT2D eigenvalue weighted by Gasteiger charge is 2.20. The topological polar surface area (TPSA) is 81.7 Å². The van der Waals surface area contributed by atoms with Crippen LogP contribution < -0.4 is 5.56 Å². The lowest BCUT2D eigenvalue weighted by atomic mass is 10.2. The summed E-state index contributed by atoms with van der Waals surface area (Å²) in [7, 11) is 0. The zero-order chi connectivity index (χ0) is 19.7. The number of morpholine rings is 1. The van der Waals surface area contributed by atoms with Crippen molar-refractivity contribution in [2.24, 2.45) is 5.92 Å². The third-order valence-electron chi connectivity index (χ3n) is 4.71. The van der Waals surface area contributed by atoms with Crippen LogP contribution in [0.15, 0.2) is 34.2 Å². The highest BCUT2D eigenvalue weighted by atomic mass is 32.2. The molecule has 0 unspecified atom stereocenters. The predicted octanol–water partition coefficient (Wildman–Crippen LogP) is 1.65. The molecule has 1 aliphatic rings. The first-order valence-electron chi connectivity index (χ1n) is 9.41. The molecular formula is C19H23N5O3S. The van der Waals surface area contributed by atoms with Crippen LogP contribution in [0.1, 0.15) is 13.8 Å². The number of hydrogen-bond donors (Lipinski definition) is 0. The number of hydrogen-bond acceptors (Lipinski definition) is 6. The minimum absolute atomic E-state index is 0.0601. The van der Waals surface area contributed by atoms with E-state index in [1.807, 2.05) is 33.6 Å². The highest BCUT2D eigenvalue weighted by molar-refractivity contribution is 7.99. The highest BCUT2D eigenvalue weighted by Crippen LogP contribution is 2.22. The Kier molecular flexibility index (Phi) is 5.36. The fourth-order valence-electron chi connectivity index (χ4n) is 3.39. The molecule has 2 aromatic heterocycles. The van der Waals surface area contributed by atoms with E-state index in [0.29, 0.717) is 55.1 Å². The van der Waals surface area contributed by atoms with Crippen molar-refractivity contribution in [2.75, 3.05) is 32.1 Å². The van der Waals surface area contributed by atoms with Crippen molar-refractivity contribution in [1.29, 1.82) is 0 Å². The van der Waals surface area contributed by atoms with Gasteiger partial charge in [-0.3, -0.25) is 18.6 Å². The summed E-state index contributed by atoms with van der Waals surface area (Å²) in [6, 6.07) is 7.46. The van der Waals surface area contributed by atoms with Gasteiger partial charge in [0.1, 0.15) is 0 Å². The Morgan fingerprint density at radius 2 is 1.96 bits per heavy atom. The Morgan fingerprint density at radius 1 is 1.21 bits per heavy atom. The van der Waals surface area contributed by atoms with Gasteiger partial charge in [-0.15, -0.1) is 10.2 Å². The van der Waals surface area contributed by atoms with Crippen LogP contribution in [0.3, 0.4) is 0 Å². The molecule has 1 fully saturated rings. The lowest BCUT2D eigenvalue weighted by Gasteiger charge is -2.26. The van der Waals surface area contributed by atoms with Gasteiger partial charge in [0.15, 0.2) is 5.16 Å². The van der Waals surface area contributed by atoms with Gasteiger partial charge in [0, 0.05) is 19.6 Å². The standard InChI is InChI=1S/C19H23N5O3S/c1-13(2)11-23-17(26)14-5-3-4-6-15(14)24-18(23)20-21-19(24)28-12-16(25)22-7-9-27-10-8-22/h3-6,13H,7-12H2,1-2H3. The smallest absolute Gasteiger partial charge is 0.262 e. The molecule has 0 bridgehead atoms. The summed E-state index contributed by atoms with van der Waals surface area (Å²) in [6.45, 7) is 7.08.